The Hall–Kier alpha value is -4.05. The summed E-state index contributed by atoms with van der Waals surface area (Å²) in [5, 5.41) is 8.51. The molecule has 2 heterocycles. The van der Waals surface area contributed by atoms with Crippen molar-refractivity contribution in [2.45, 2.75) is 13.2 Å². The SMILES string of the molecule is COc1cc(C=C2SC(=O)N(Cc3ccc(F)cc3)C2=O)ccc1OCc1ccc(C(=O)O)o1. The summed E-state index contributed by atoms with van der Waals surface area (Å²) >= 11 is 0.821. The molecule has 4 rings (SSSR count). The number of nitrogens with zero attached hydrogens (tertiary/aromatic N) is 1. The highest BCUT2D eigenvalue weighted by Crippen LogP contribution is 2.35. The molecule has 10 heteroatoms. The van der Waals surface area contributed by atoms with Crippen molar-refractivity contribution in [3.05, 3.63) is 88.0 Å². The van der Waals surface area contributed by atoms with Gasteiger partial charge < -0.3 is 19.0 Å². The molecule has 1 saturated heterocycles. The van der Waals surface area contributed by atoms with Gasteiger partial charge in [0.05, 0.1) is 18.6 Å². The average Bonchev–Trinajstić information content (AvgIpc) is 3.40. The Kier molecular flexibility index (Phi) is 6.69. The van der Waals surface area contributed by atoms with Crippen LogP contribution in [0.5, 0.6) is 11.5 Å². The lowest BCUT2D eigenvalue weighted by molar-refractivity contribution is -0.123. The summed E-state index contributed by atoms with van der Waals surface area (Å²) in [6.45, 7) is 0.0417. The van der Waals surface area contributed by atoms with Crippen LogP contribution in [0.1, 0.15) is 27.4 Å². The van der Waals surface area contributed by atoms with Crippen molar-refractivity contribution < 1.29 is 37.8 Å². The molecule has 1 aliphatic rings. The van der Waals surface area contributed by atoms with Crippen molar-refractivity contribution in [1.82, 2.24) is 4.90 Å². The Morgan fingerprint density at radius 2 is 1.88 bits per heavy atom. The van der Waals surface area contributed by atoms with E-state index in [1.807, 2.05) is 0 Å². The second-order valence-electron chi connectivity index (χ2n) is 7.16. The number of hydrogen-bond donors (Lipinski definition) is 1. The number of thioether (sulfide) groups is 1. The molecule has 0 radical (unpaired) electrons. The van der Waals surface area contributed by atoms with Crippen molar-refractivity contribution in [3.8, 4) is 11.5 Å². The van der Waals surface area contributed by atoms with E-state index in [2.05, 4.69) is 0 Å². The largest absolute Gasteiger partial charge is 0.493 e. The molecule has 8 nitrogen and oxygen atoms in total. The molecular weight excluding hydrogens is 465 g/mol. The van der Waals surface area contributed by atoms with Crippen LogP contribution in [-0.2, 0) is 17.9 Å². The predicted molar refractivity (Wildman–Crippen MR) is 121 cm³/mol. The van der Waals surface area contributed by atoms with Crippen molar-refractivity contribution in [2.24, 2.45) is 0 Å². The van der Waals surface area contributed by atoms with Gasteiger partial charge in [0, 0.05) is 0 Å². The minimum absolute atomic E-state index is 0.00867. The van der Waals surface area contributed by atoms with Crippen LogP contribution in [0.3, 0.4) is 0 Å². The van der Waals surface area contributed by atoms with Gasteiger partial charge in [-0.05, 0) is 65.4 Å². The van der Waals surface area contributed by atoms with E-state index < -0.39 is 22.9 Å². The van der Waals surface area contributed by atoms with E-state index in [0.29, 0.717) is 28.4 Å². The van der Waals surface area contributed by atoms with E-state index >= 15 is 0 Å². The number of carbonyl (C=O) groups is 3. The number of rotatable bonds is 8. The average molecular weight is 483 g/mol. The number of carboxylic acid groups (broad SMARTS) is 1. The lowest BCUT2D eigenvalue weighted by atomic mass is 10.1. The number of furan rings is 1. The molecule has 2 aromatic carbocycles. The molecule has 1 N–H and O–H groups in total. The van der Waals surface area contributed by atoms with Crippen molar-refractivity contribution in [2.75, 3.05) is 7.11 Å². The van der Waals surface area contributed by atoms with Crippen LogP contribution < -0.4 is 9.47 Å². The normalized spacial score (nSPS) is 14.6. The minimum Gasteiger partial charge on any atom is -0.493 e. The molecule has 0 saturated carbocycles. The Balaban J connectivity index is 1.46. The highest BCUT2D eigenvalue weighted by atomic mass is 32.2. The van der Waals surface area contributed by atoms with Crippen molar-refractivity contribution >= 4 is 35.0 Å². The van der Waals surface area contributed by atoms with E-state index in [-0.39, 0.29) is 23.8 Å². The van der Waals surface area contributed by atoms with Gasteiger partial charge in [-0.25, -0.2) is 9.18 Å². The summed E-state index contributed by atoms with van der Waals surface area (Å²) in [5.74, 6) is -1.09. The first kappa shape index (κ1) is 23.1. The molecular formula is C24H18FNO7S. The number of methoxy groups -OCH3 is 1. The monoisotopic (exact) mass is 483 g/mol. The summed E-state index contributed by atoms with van der Waals surface area (Å²) in [4.78, 5) is 37.4. The standard InChI is InChI=1S/C24H18FNO7S/c1-31-20-10-15(4-8-18(20)32-13-17-7-9-19(33-17)23(28)29)11-21-22(27)26(24(30)34-21)12-14-2-5-16(25)6-3-14/h2-11H,12-13H2,1H3,(H,28,29). The van der Waals surface area contributed by atoms with E-state index in [1.54, 1.807) is 24.3 Å². The Morgan fingerprint density at radius 1 is 1.12 bits per heavy atom. The van der Waals surface area contributed by atoms with Crippen LogP contribution in [0.25, 0.3) is 6.08 Å². The van der Waals surface area contributed by atoms with Crippen LogP contribution in [0.15, 0.2) is 63.9 Å². The zero-order valence-corrected chi connectivity index (χ0v) is 18.6. The molecule has 0 aliphatic carbocycles. The maximum Gasteiger partial charge on any atom is 0.371 e. The molecule has 2 amide bonds. The van der Waals surface area contributed by atoms with Crippen LogP contribution in [0.2, 0.25) is 0 Å². The fourth-order valence-electron chi connectivity index (χ4n) is 3.17. The van der Waals surface area contributed by atoms with Crippen LogP contribution in [0, 0.1) is 5.82 Å². The number of imide groups is 1. The number of aromatic carboxylic acids is 1. The Morgan fingerprint density at radius 3 is 2.56 bits per heavy atom. The Bertz CT molecular complexity index is 1280. The summed E-state index contributed by atoms with van der Waals surface area (Å²) in [5.41, 5.74) is 1.25. The number of ether oxygens (including phenoxy) is 2. The summed E-state index contributed by atoms with van der Waals surface area (Å²) in [6, 6.07) is 13.4. The summed E-state index contributed by atoms with van der Waals surface area (Å²) in [6.07, 6.45) is 1.58. The molecule has 3 aromatic rings. The first-order chi connectivity index (χ1) is 16.3. The lowest BCUT2D eigenvalue weighted by Gasteiger charge is -2.12. The van der Waals surface area contributed by atoms with Crippen LogP contribution in [0.4, 0.5) is 9.18 Å². The van der Waals surface area contributed by atoms with Gasteiger partial charge in [-0.2, -0.15) is 0 Å². The highest BCUT2D eigenvalue weighted by molar-refractivity contribution is 8.18. The lowest BCUT2D eigenvalue weighted by Crippen LogP contribution is -2.27. The molecule has 0 spiro atoms. The second kappa shape index (κ2) is 9.84. The molecule has 0 atom stereocenters. The van der Waals surface area contributed by atoms with E-state index in [9.17, 15) is 18.8 Å². The topological polar surface area (TPSA) is 106 Å². The number of benzene rings is 2. The van der Waals surface area contributed by atoms with Crippen molar-refractivity contribution in [3.63, 3.8) is 0 Å². The van der Waals surface area contributed by atoms with Crippen molar-refractivity contribution in [1.29, 1.82) is 0 Å². The maximum atomic E-state index is 13.1. The van der Waals surface area contributed by atoms with Crippen LogP contribution in [-0.4, -0.2) is 34.2 Å². The van der Waals surface area contributed by atoms with Gasteiger partial charge in [0.2, 0.25) is 5.76 Å². The van der Waals surface area contributed by atoms with Gasteiger partial charge in [0.1, 0.15) is 18.2 Å². The third-order valence-corrected chi connectivity index (χ3v) is 5.76. The maximum absolute atomic E-state index is 13.1. The highest BCUT2D eigenvalue weighted by Gasteiger charge is 2.35. The predicted octanol–water partition coefficient (Wildman–Crippen LogP) is 4.94. The molecule has 174 valence electrons. The smallest absolute Gasteiger partial charge is 0.371 e. The molecule has 0 bridgehead atoms. The quantitative estimate of drug-likeness (QED) is 0.449. The molecule has 34 heavy (non-hydrogen) atoms. The molecule has 1 fully saturated rings. The molecule has 1 aromatic heterocycles. The second-order valence-corrected chi connectivity index (χ2v) is 8.16. The van der Waals surface area contributed by atoms with Crippen LogP contribution >= 0.6 is 11.8 Å². The third-order valence-electron chi connectivity index (χ3n) is 4.86. The van der Waals surface area contributed by atoms with Gasteiger partial charge in [0.25, 0.3) is 11.1 Å². The number of carbonyl (C=O) groups excluding carboxylic acids is 2. The van der Waals surface area contributed by atoms with Gasteiger partial charge in [-0.15, -0.1) is 0 Å². The summed E-state index contributed by atoms with van der Waals surface area (Å²) < 4.78 is 29.3. The van der Waals surface area contributed by atoms with Gasteiger partial charge in [-0.1, -0.05) is 18.2 Å². The minimum atomic E-state index is -1.17. The fourth-order valence-corrected chi connectivity index (χ4v) is 4.01. The number of carboxylic acids is 1. The third kappa shape index (κ3) is 5.12. The zero-order valence-electron chi connectivity index (χ0n) is 17.8. The summed E-state index contributed by atoms with van der Waals surface area (Å²) in [7, 11) is 1.46. The first-order valence-electron chi connectivity index (χ1n) is 9.96. The van der Waals surface area contributed by atoms with E-state index in [0.717, 1.165) is 16.7 Å². The Labute approximate surface area is 197 Å². The number of halogens is 1. The van der Waals surface area contributed by atoms with E-state index in [1.165, 1.54) is 43.5 Å². The van der Waals surface area contributed by atoms with Gasteiger partial charge >= 0.3 is 5.97 Å². The fraction of sp³-hybridized carbons (Fsp3) is 0.125. The van der Waals surface area contributed by atoms with Gasteiger partial charge in [-0.3, -0.25) is 14.5 Å². The van der Waals surface area contributed by atoms with E-state index in [4.69, 9.17) is 19.0 Å². The van der Waals surface area contributed by atoms with Gasteiger partial charge in [0.15, 0.2) is 11.5 Å². The number of hydrogen-bond acceptors (Lipinski definition) is 7. The number of amides is 2. The molecule has 1 aliphatic heterocycles. The molecule has 0 unspecified atom stereocenters. The zero-order chi connectivity index (χ0) is 24.2. The first-order valence-corrected chi connectivity index (χ1v) is 10.8.